The van der Waals surface area contributed by atoms with Crippen LogP contribution in [0.4, 0.5) is 10.1 Å². The highest BCUT2D eigenvalue weighted by atomic mass is 19.1. The molecule has 0 spiro atoms. The molecule has 1 N–H and O–H groups in total. The first kappa shape index (κ1) is 24.6. The van der Waals surface area contributed by atoms with E-state index in [-0.39, 0.29) is 23.8 Å². The summed E-state index contributed by atoms with van der Waals surface area (Å²) in [6.45, 7) is 9.75. The fourth-order valence-electron chi connectivity index (χ4n) is 4.52. The van der Waals surface area contributed by atoms with E-state index in [1.54, 1.807) is 12.4 Å². The summed E-state index contributed by atoms with van der Waals surface area (Å²) in [5.74, 6) is -1.57. The van der Waals surface area contributed by atoms with Crippen LogP contribution in [0.1, 0.15) is 56.5 Å². The van der Waals surface area contributed by atoms with Gasteiger partial charge in [-0.05, 0) is 43.7 Å². The number of aliphatic carboxylic acids is 1. The number of piperidine rings is 1. The molecule has 0 radical (unpaired) electrons. The molecule has 1 saturated heterocycles. The van der Waals surface area contributed by atoms with Gasteiger partial charge in [0.25, 0.3) is 5.88 Å². The number of aromatic nitrogens is 2. The second kappa shape index (κ2) is 10.0. The molecule has 1 aromatic carbocycles. The molecule has 0 amide bonds. The van der Waals surface area contributed by atoms with Crippen LogP contribution in [0.5, 0.6) is 5.88 Å². The first-order valence-corrected chi connectivity index (χ1v) is 12.0. The zero-order chi connectivity index (χ0) is 25.2. The lowest BCUT2D eigenvalue weighted by Crippen LogP contribution is -2.38. The number of nitrogens with zero attached hydrogens (tertiary/aromatic N) is 3. The molecular weight excluding hydrogens is 445 g/mol. The van der Waals surface area contributed by atoms with Crippen molar-refractivity contribution in [3.05, 3.63) is 71.4 Å². The Bertz CT molecular complexity index is 1200. The first-order valence-electron chi connectivity index (χ1n) is 12.0. The van der Waals surface area contributed by atoms with Crippen LogP contribution in [0.2, 0.25) is 0 Å². The van der Waals surface area contributed by atoms with Crippen molar-refractivity contribution in [2.45, 2.75) is 53.1 Å². The normalized spacial score (nSPS) is 16.1. The second-order valence-corrected chi connectivity index (χ2v) is 9.99. The van der Waals surface area contributed by atoms with Crippen LogP contribution in [-0.4, -0.2) is 34.1 Å². The average molecular weight is 478 g/mol. The van der Waals surface area contributed by atoms with Gasteiger partial charge in [-0.25, -0.2) is 9.37 Å². The Kier molecular flexibility index (Phi) is 7.05. The van der Waals surface area contributed by atoms with Crippen LogP contribution in [-0.2, 0) is 11.2 Å². The lowest BCUT2D eigenvalue weighted by Gasteiger charge is -2.40. The highest BCUT2D eigenvalue weighted by molar-refractivity contribution is 5.84. The summed E-state index contributed by atoms with van der Waals surface area (Å²) in [6, 6.07) is 11.0. The number of aryl methyl sites for hydroxylation is 1. The SMILES string of the molecule is Cc1ncc(-c2cnc(O[C@@H](C)c3ccccc3)c(F)c2)c(N2CCC(C)(C)CC2)c1CC(=O)O. The summed E-state index contributed by atoms with van der Waals surface area (Å²) in [7, 11) is 0. The molecule has 3 aromatic rings. The summed E-state index contributed by atoms with van der Waals surface area (Å²) in [5.41, 5.74) is 4.52. The number of benzene rings is 1. The third-order valence-electron chi connectivity index (χ3n) is 6.80. The van der Waals surface area contributed by atoms with Gasteiger partial charge >= 0.3 is 5.97 Å². The van der Waals surface area contributed by atoms with Crippen molar-refractivity contribution in [1.29, 1.82) is 0 Å². The van der Waals surface area contributed by atoms with E-state index in [2.05, 4.69) is 28.7 Å². The Morgan fingerprint density at radius 1 is 1.17 bits per heavy atom. The van der Waals surface area contributed by atoms with Crippen LogP contribution in [0.3, 0.4) is 0 Å². The monoisotopic (exact) mass is 477 g/mol. The minimum Gasteiger partial charge on any atom is -0.481 e. The molecule has 1 aliphatic rings. The molecule has 1 aliphatic heterocycles. The van der Waals surface area contributed by atoms with E-state index >= 15 is 4.39 Å². The third kappa shape index (κ3) is 5.61. The molecule has 0 saturated carbocycles. The molecule has 0 aliphatic carbocycles. The fourth-order valence-corrected chi connectivity index (χ4v) is 4.52. The number of pyridine rings is 2. The van der Waals surface area contributed by atoms with E-state index in [0.717, 1.165) is 37.2 Å². The smallest absolute Gasteiger partial charge is 0.307 e. The van der Waals surface area contributed by atoms with Crippen LogP contribution in [0.25, 0.3) is 11.1 Å². The average Bonchev–Trinajstić information content (AvgIpc) is 2.82. The number of ether oxygens (including phenoxy) is 1. The van der Waals surface area contributed by atoms with E-state index in [1.807, 2.05) is 44.2 Å². The molecule has 0 unspecified atom stereocenters. The molecule has 6 nitrogen and oxygen atoms in total. The standard InChI is InChI=1S/C28H32FN3O3/c1-18-22(15-25(33)34)26(32-12-10-28(3,4)11-13-32)23(17-30-18)21-14-24(29)27(31-16-21)35-19(2)20-8-6-5-7-9-20/h5-9,14,16-17,19H,10-13,15H2,1-4H3,(H,33,34)/t19-/m0/s1. The predicted molar refractivity (Wildman–Crippen MR) is 134 cm³/mol. The Balaban J connectivity index is 1.71. The van der Waals surface area contributed by atoms with E-state index in [9.17, 15) is 9.90 Å². The van der Waals surface area contributed by atoms with Crippen molar-refractivity contribution in [2.24, 2.45) is 5.41 Å². The number of carbonyl (C=O) groups is 1. The number of rotatable bonds is 7. The summed E-state index contributed by atoms with van der Waals surface area (Å²) < 4.78 is 21.0. The van der Waals surface area contributed by atoms with Gasteiger partial charge in [-0.15, -0.1) is 0 Å². The minimum absolute atomic E-state index is 0.0720. The van der Waals surface area contributed by atoms with Crippen molar-refractivity contribution in [2.75, 3.05) is 18.0 Å². The van der Waals surface area contributed by atoms with Crippen molar-refractivity contribution in [3.63, 3.8) is 0 Å². The Labute approximate surface area is 205 Å². The maximum absolute atomic E-state index is 15.2. The molecular formula is C28H32FN3O3. The van der Waals surface area contributed by atoms with Gasteiger partial charge in [-0.1, -0.05) is 44.2 Å². The first-order chi connectivity index (χ1) is 16.6. The van der Waals surface area contributed by atoms with Gasteiger partial charge in [0.05, 0.1) is 12.1 Å². The third-order valence-corrected chi connectivity index (χ3v) is 6.80. The van der Waals surface area contributed by atoms with Crippen LogP contribution in [0.15, 0.2) is 48.8 Å². The molecule has 35 heavy (non-hydrogen) atoms. The minimum atomic E-state index is -0.923. The molecule has 184 valence electrons. The molecule has 1 fully saturated rings. The highest BCUT2D eigenvalue weighted by Gasteiger charge is 2.29. The Morgan fingerprint density at radius 2 is 1.86 bits per heavy atom. The van der Waals surface area contributed by atoms with Crippen LogP contribution >= 0.6 is 0 Å². The van der Waals surface area contributed by atoms with Crippen molar-refractivity contribution < 1.29 is 19.0 Å². The van der Waals surface area contributed by atoms with E-state index in [4.69, 9.17) is 4.74 Å². The van der Waals surface area contributed by atoms with Gasteiger partial charge in [0.15, 0.2) is 5.82 Å². The summed E-state index contributed by atoms with van der Waals surface area (Å²) in [6.07, 6.45) is 4.73. The summed E-state index contributed by atoms with van der Waals surface area (Å²) >= 11 is 0. The largest absolute Gasteiger partial charge is 0.481 e. The number of halogens is 1. The van der Waals surface area contributed by atoms with Gasteiger partial charge in [0.1, 0.15) is 6.10 Å². The number of carboxylic acid groups (broad SMARTS) is 1. The summed E-state index contributed by atoms with van der Waals surface area (Å²) in [5, 5.41) is 9.58. The number of hydrogen-bond donors (Lipinski definition) is 1. The molecule has 2 aromatic heterocycles. The van der Waals surface area contributed by atoms with Gasteiger partial charge in [0.2, 0.25) is 0 Å². The van der Waals surface area contributed by atoms with Crippen LogP contribution in [0, 0.1) is 18.2 Å². The van der Waals surface area contributed by atoms with Crippen molar-refractivity contribution in [3.8, 4) is 17.0 Å². The maximum atomic E-state index is 15.2. The van der Waals surface area contributed by atoms with E-state index in [1.165, 1.54) is 6.07 Å². The molecule has 3 heterocycles. The summed E-state index contributed by atoms with van der Waals surface area (Å²) in [4.78, 5) is 22.6. The quantitative estimate of drug-likeness (QED) is 0.451. The predicted octanol–water partition coefficient (Wildman–Crippen LogP) is 5.98. The Morgan fingerprint density at radius 3 is 2.49 bits per heavy atom. The zero-order valence-corrected chi connectivity index (χ0v) is 20.7. The fraction of sp³-hybridized carbons (Fsp3) is 0.393. The number of carboxylic acids is 1. The lowest BCUT2D eigenvalue weighted by molar-refractivity contribution is -0.136. The van der Waals surface area contributed by atoms with Gasteiger partial charge in [0, 0.05) is 47.9 Å². The number of hydrogen-bond acceptors (Lipinski definition) is 5. The lowest BCUT2D eigenvalue weighted by atomic mass is 9.82. The maximum Gasteiger partial charge on any atom is 0.307 e. The number of anilines is 1. The molecule has 1 atom stereocenters. The van der Waals surface area contributed by atoms with Gasteiger partial charge in [-0.3, -0.25) is 9.78 Å². The zero-order valence-electron chi connectivity index (χ0n) is 20.7. The molecule has 4 rings (SSSR count). The second-order valence-electron chi connectivity index (χ2n) is 9.99. The molecule has 0 bridgehead atoms. The van der Waals surface area contributed by atoms with Crippen LogP contribution < -0.4 is 9.64 Å². The highest BCUT2D eigenvalue weighted by Crippen LogP contribution is 2.40. The topological polar surface area (TPSA) is 75.6 Å². The van der Waals surface area contributed by atoms with E-state index in [0.29, 0.717) is 22.4 Å². The van der Waals surface area contributed by atoms with Crippen molar-refractivity contribution >= 4 is 11.7 Å². The Hall–Kier alpha value is -3.48. The van der Waals surface area contributed by atoms with E-state index < -0.39 is 11.8 Å². The van der Waals surface area contributed by atoms with Gasteiger partial charge in [-0.2, -0.15) is 0 Å². The van der Waals surface area contributed by atoms with Crippen molar-refractivity contribution in [1.82, 2.24) is 9.97 Å². The van der Waals surface area contributed by atoms with Gasteiger partial charge < -0.3 is 14.7 Å². The molecule has 7 heteroatoms.